The van der Waals surface area contributed by atoms with Crippen LogP contribution in [-0.4, -0.2) is 71.8 Å². The van der Waals surface area contributed by atoms with Crippen molar-refractivity contribution in [2.24, 2.45) is 5.92 Å². The zero-order chi connectivity index (χ0) is 19.9. The molecule has 0 spiro atoms. The van der Waals surface area contributed by atoms with Gasteiger partial charge in [-0.25, -0.2) is 8.78 Å². The van der Waals surface area contributed by atoms with E-state index in [9.17, 15) is 18.4 Å². The van der Waals surface area contributed by atoms with Gasteiger partial charge in [0.2, 0.25) is 5.91 Å². The largest absolute Gasteiger partial charge is 0.335 e. The monoisotopic (exact) mass is 379 g/mol. The van der Waals surface area contributed by atoms with Gasteiger partial charge in [-0.3, -0.25) is 9.59 Å². The minimum absolute atomic E-state index is 0.0885. The number of carbonyl (C=O) groups excluding carboxylic acids is 2. The summed E-state index contributed by atoms with van der Waals surface area (Å²) in [6.45, 7) is 4.96. The second-order valence-electron chi connectivity index (χ2n) is 8.22. The van der Waals surface area contributed by atoms with E-state index in [0.29, 0.717) is 19.5 Å². The molecule has 0 bridgehead atoms. The fourth-order valence-corrected chi connectivity index (χ4v) is 4.10. The molecule has 0 aliphatic carbocycles. The van der Waals surface area contributed by atoms with Crippen molar-refractivity contribution < 1.29 is 18.4 Å². The number of rotatable bonds is 4. The average molecular weight is 379 g/mol. The van der Waals surface area contributed by atoms with Crippen molar-refractivity contribution in [2.75, 3.05) is 27.2 Å². The molecule has 2 fully saturated rings. The van der Waals surface area contributed by atoms with E-state index in [1.807, 2.05) is 32.8 Å². The van der Waals surface area contributed by atoms with Crippen LogP contribution in [0.2, 0.25) is 0 Å². The van der Waals surface area contributed by atoms with Gasteiger partial charge in [0.25, 0.3) is 5.91 Å². The summed E-state index contributed by atoms with van der Waals surface area (Å²) in [5.41, 5.74) is -0.313. The molecule has 2 amide bonds. The fraction of sp³-hybridized carbons (Fsp3) is 0.600. The normalized spacial score (nSPS) is 25.5. The lowest BCUT2D eigenvalue weighted by Crippen LogP contribution is -2.61. The summed E-state index contributed by atoms with van der Waals surface area (Å²) in [6.07, 6.45) is 1.26. The highest BCUT2D eigenvalue weighted by Crippen LogP contribution is 2.31. The predicted octanol–water partition coefficient (Wildman–Crippen LogP) is 2.37. The van der Waals surface area contributed by atoms with E-state index >= 15 is 0 Å². The minimum atomic E-state index is -0.767. The first-order valence-electron chi connectivity index (χ1n) is 9.42. The van der Waals surface area contributed by atoms with E-state index in [4.69, 9.17) is 0 Å². The second kappa shape index (κ2) is 7.54. The van der Waals surface area contributed by atoms with E-state index in [1.165, 1.54) is 4.90 Å². The Labute approximate surface area is 158 Å². The van der Waals surface area contributed by atoms with E-state index in [-0.39, 0.29) is 29.5 Å². The van der Waals surface area contributed by atoms with Crippen LogP contribution in [0.3, 0.4) is 0 Å². The molecule has 2 heterocycles. The number of piperazine rings is 1. The summed E-state index contributed by atoms with van der Waals surface area (Å²) in [5, 5.41) is 0. The van der Waals surface area contributed by atoms with Crippen LogP contribution in [0.25, 0.3) is 0 Å². The first-order chi connectivity index (χ1) is 12.7. The van der Waals surface area contributed by atoms with Gasteiger partial charge >= 0.3 is 0 Å². The number of nitrogens with zero attached hydrogens (tertiary/aromatic N) is 3. The quantitative estimate of drug-likeness (QED) is 0.807. The van der Waals surface area contributed by atoms with E-state index in [1.54, 1.807) is 0 Å². The maximum atomic E-state index is 14.2. The first-order valence-corrected chi connectivity index (χ1v) is 9.42. The van der Waals surface area contributed by atoms with Gasteiger partial charge in [-0.1, -0.05) is 13.8 Å². The Morgan fingerprint density at radius 1 is 1.26 bits per heavy atom. The highest BCUT2D eigenvalue weighted by atomic mass is 19.1. The van der Waals surface area contributed by atoms with Gasteiger partial charge in [0.05, 0.1) is 11.6 Å². The number of carbonyl (C=O) groups is 2. The summed E-state index contributed by atoms with van der Waals surface area (Å²) < 4.78 is 27.8. The number of halogens is 2. The van der Waals surface area contributed by atoms with Crippen molar-refractivity contribution in [3.63, 3.8) is 0 Å². The van der Waals surface area contributed by atoms with Gasteiger partial charge in [0.15, 0.2) is 0 Å². The third-order valence-electron chi connectivity index (χ3n) is 5.59. The molecule has 0 radical (unpaired) electrons. The van der Waals surface area contributed by atoms with Crippen molar-refractivity contribution >= 4 is 11.8 Å². The molecule has 0 aromatic heterocycles. The Kier molecular flexibility index (Phi) is 5.51. The summed E-state index contributed by atoms with van der Waals surface area (Å²) in [6, 6.07) is 2.36. The van der Waals surface area contributed by atoms with Crippen LogP contribution < -0.4 is 0 Å². The molecule has 7 heteroatoms. The number of amides is 2. The Morgan fingerprint density at radius 2 is 1.96 bits per heavy atom. The van der Waals surface area contributed by atoms with Gasteiger partial charge in [-0.05, 0) is 51.1 Å². The molecule has 2 aliphatic heterocycles. The van der Waals surface area contributed by atoms with Gasteiger partial charge in [-0.2, -0.15) is 0 Å². The molecule has 0 N–H and O–H groups in total. The molecule has 2 aliphatic rings. The average Bonchev–Trinajstić information content (AvgIpc) is 3.03. The first kappa shape index (κ1) is 19.7. The van der Waals surface area contributed by atoms with Crippen molar-refractivity contribution in [3.05, 3.63) is 35.4 Å². The number of hydrogen-bond donors (Lipinski definition) is 0. The standard InChI is InChI=1S/C20H27F2N3O2/c1-12(2)7-18-20(27)24-10-14(23(3)4)9-15(24)11-25(18)19(26)16-8-13(21)5-6-17(16)22/h5-6,8,12,14-15,18H,7,9-11H2,1-4H3/t14-,15-,18-/m0/s1. The van der Waals surface area contributed by atoms with Crippen LogP contribution in [0.15, 0.2) is 18.2 Å². The second-order valence-corrected chi connectivity index (χ2v) is 8.22. The molecule has 2 saturated heterocycles. The predicted molar refractivity (Wildman–Crippen MR) is 98.2 cm³/mol. The Balaban J connectivity index is 1.93. The zero-order valence-electron chi connectivity index (χ0n) is 16.3. The molecule has 27 heavy (non-hydrogen) atoms. The molecule has 3 atom stereocenters. The van der Waals surface area contributed by atoms with Crippen molar-refractivity contribution in [2.45, 2.75) is 44.8 Å². The van der Waals surface area contributed by atoms with Gasteiger partial charge in [0.1, 0.15) is 17.7 Å². The van der Waals surface area contributed by atoms with Crippen molar-refractivity contribution in [1.82, 2.24) is 14.7 Å². The molecular weight excluding hydrogens is 352 g/mol. The lowest BCUT2D eigenvalue weighted by atomic mass is 9.96. The van der Waals surface area contributed by atoms with Gasteiger partial charge in [0, 0.05) is 19.1 Å². The third kappa shape index (κ3) is 3.83. The van der Waals surface area contributed by atoms with Gasteiger partial charge in [-0.15, -0.1) is 0 Å². The Morgan fingerprint density at radius 3 is 2.59 bits per heavy atom. The van der Waals surface area contributed by atoms with Crippen molar-refractivity contribution in [1.29, 1.82) is 0 Å². The summed E-state index contributed by atoms with van der Waals surface area (Å²) in [4.78, 5) is 31.6. The molecule has 5 nitrogen and oxygen atoms in total. The van der Waals surface area contributed by atoms with E-state index in [0.717, 1.165) is 24.6 Å². The van der Waals surface area contributed by atoms with Crippen molar-refractivity contribution in [3.8, 4) is 0 Å². The lowest BCUT2D eigenvalue weighted by molar-refractivity contribution is -0.142. The molecular formula is C20H27F2N3O2. The van der Waals surface area contributed by atoms with Crippen LogP contribution in [0.1, 0.15) is 37.0 Å². The fourth-order valence-electron chi connectivity index (χ4n) is 4.10. The van der Waals surface area contributed by atoms with Gasteiger partial charge < -0.3 is 14.7 Å². The lowest BCUT2D eigenvalue weighted by Gasteiger charge is -2.43. The number of benzene rings is 1. The maximum absolute atomic E-state index is 14.2. The minimum Gasteiger partial charge on any atom is -0.335 e. The smallest absolute Gasteiger partial charge is 0.257 e. The Bertz CT molecular complexity index is 738. The SMILES string of the molecule is CC(C)C[C@H]1C(=O)N2C[C@@H](N(C)C)C[C@H]2CN1C(=O)c1cc(F)ccc1F. The van der Waals surface area contributed by atoms with Crippen LogP contribution >= 0.6 is 0 Å². The molecule has 148 valence electrons. The number of fused-ring (bicyclic) bond motifs is 1. The molecule has 0 saturated carbocycles. The van der Waals surface area contributed by atoms with Crippen LogP contribution in [0, 0.1) is 17.6 Å². The maximum Gasteiger partial charge on any atom is 0.257 e. The van der Waals surface area contributed by atoms with Crippen LogP contribution in [0.5, 0.6) is 0 Å². The highest BCUT2D eigenvalue weighted by molar-refractivity contribution is 5.98. The van der Waals surface area contributed by atoms with Crippen LogP contribution in [0.4, 0.5) is 8.78 Å². The summed E-state index contributed by atoms with van der Waals surface area (Å²) in [5.74, 6) is -1.94. The van der Waals surface area contributed by atoms with Crippen LogP contribution in [-0.2, 0) is 4.79 Å². The molecule has 0 unspecified atom stereocenters. The highest BCUT2D eigenvalue weighted by Gasteiger charge is 2.47. The van der Waals surface area contributed by atoms with E-state index < -0.39 is 23.6 Å². The summed E-state index contributed by atoms with van der Waals surface area (Å²) >= 11 is 0. The topological polar surface area (TPSA) is 43.9 Å². The summed E-state index contributed by atoms with van der Waals surface area (Å²) in [7, 11) is 3.95. The van der Waals surface area contributed by atoms with E-state index in [2.05, 4.69) is 4.90 Å². The molecule has 1 aromatic rings. The Hall–Kier alpha value is -2.02. The number of hydrogen-bond acceptors (Lipinski definition) is 3. The number of likely N-dealkylation sites (N-methyl/N-ethyl adjacent to an activating group) is 1. The third-order valence-corrected chi connectivity index (χ3v) is 5.59. The molecule has 1 aromatic carbocycles. The zero-order valence-corrected chi connectivity index (χ0v) is 16.3. The molecule has 3 rings (SSSR count).